The summed E-state index contributed by atoms with van der Waals surface area (Å²) in [6, 6.07) is 5.14. The summed E-state index contributed by atoms with van der Waals surface area (Å²) in [5, 5.41) is 8.59. The molecule has 5 heteroatoms. The Morgan fingerprint density at radius 2 is 2.38 bits per heavy atom. The van der Waals surface area contributed by atoms with Gasteiger partial charge in [0.25, 0.3) is 0 Å². The van der Waals surface area contributed by atoms with E-state index in [1.165, 1.54) is 0 Å². The molecule has 1 heterocycles. The van der Waals surface area contributed by atoms with Gasteiger partial charge >= 0.3 is 5.97 Å². The zero-order valence-corrected chi connectivity index (χ0v) is 10.0. The van der Waals surface area contributed by atoms with E-state index in [0.717, 1.165) is 22.9 Å². The average Bonchev–Trinajstić information content (AvgIpc) is 2.24. The van der Waals surface area contributed by atoms with E-state index in [9.17, 15) is 4.79 Å². The van der Waals surface area contributed by atoms with Gasteiger partial charge in [-0.2, -0.15) is 11.8 Å². The molecule has 16 heavy (non-hydrogen) atoms. The van der Waals surface area contributed by atoms with Crippen LogP contribution in [0.3, 0.4) is 0 Å². The van der Waals surface area contributed by atoms with Crippen LogP contribution >= 0.6 is 11.8 Å². The highest BCUT2D eigenvalue weighted by atomic mass is 32.2. The molecule has 88 valence electrons. The summed E-state index contributed by atoms with van der Waals surface area (Å²) in [5.74, 6) is 0.603. The van der Waals surface area contributed by atoms with E-state index >= 15 is 0 Å². The molecule has 0 bridgehead atoms. The molecule has 0 radical (unpaired) electrons. The van der Waals surface area contributed by atoms with Gasteiger partial charge < -0.3 is 10.8 Å². The zero-order chi connectivity index (χ0) is 12.0. The molecule has 0 saturated heterocycles. The smallest absolute Gasteiger partial charge is 0.320 e. The van der Waals surface area contributed by atoms with Gasteiger partial charge in [0, 0.05) is 11.4 Å². The summed E-state index contributed by atoms with van der Waals surface area (Å²) in [6.07, 6.45) is 0.492. The molecular weight excluding hydrogens is 224 g/mol. The van der Waals surface area contributed by atoms with Gasteiger partial charge in [-0.1, -0.05) is 6.07 Å². The molecule has 0 amide bonds. The SMILES string of the molecule is Cc1cccc(CSCCC(N)C(=O)O)n1. The molecule has 1 unspecified atom stereocenters. The summed E-state index contributed by atoms with van der Waals surface area (Å²) in [4.78, 5) is 14.8. The van der Waals surface area contributed by atoms with E-state index in [1.54, 1.807) is 11.8 Å². The number of carbonyl (C=O) groups is 1. The highest BCUT2D eigenvalue weighted by Crippen LogP contribution is 2.12. The van der Waals surface area contributed by atoms with E-state index in [1.807, 2.05) is 25.1 Å². The standard InChI is InChI=1S/C11H16N2O2S/c1-8-3-2-4-9(13-8)7-16-6-5-10(12)11(14)15/h2-4,10H,5-7,12H2,1H3,(H,14,15). The van der Waals surface area contributed by atoms with Gasteiger partial charge in [-0.05, 0) is 31.2 Å². The monoisotopic (exact) mass is 240 g/mol. The van der Waals surface area contributed by atoms with E-state index in [2.05, 4.69) is 4.98 Å². The van der Waals surface area contributed by atoms with Crippen molar-refractivity contribution in [3.63, 3.8) is 0 Å². The Morgan fingerprint density at radius 3 is 3.00 bits per heavy atom. The largest absolute Gasteiger partial charge is 0.480 e. The minimum atomic E-state index is -0.936. The predicted octanol–water partition coefficient (Wildman–Crippen LogP) is 1.43. The quantitative estimate of drug-likeness (QED) is 0.735. The number of rotatable bonds is 6. The highest BCUT2D eigenvalue weighted by molar-refractivity contribution is 7.98. The second-order valence-corrected chi connectivity index (χ2v) is 4.66. The third kappa shape index (κ3) is 4.63. The number of aliphatic carboxylic acids is 1. The normalized spacial score (nSPS) is 12.4. The van der Waals surface area contributed by atoms with Crippen molar-refractivity contribution in [1.29, 1.82) is 0 Å². The molecular formula is C11H16N2O2S. The van der Waals surface area contributed by atoms with E-state index in [0.29, 0.717) is 6.42 Å². The summed E-state index contributed by atoms with van der Waals surface area (Å²) >= 11 is 1.65. The van der Waals surface area contributed by atoms with Crippen molar-refractivity contribution in [2.24, 2.45) is 5.73 Å². The molecule has 0 fully saturated rings. The molecule has 1 aromatic rings. The fourth-order valence-corrected chi connectivity index (χ4v) is 2.13. The molecule has 1 rings (SSSR count). The molecule has 0 aliphatic rings. The van der Waals surface area contributed by atoms with E-state index in [4.69, 9.17) is 10.8 Å². The van der Waals surface area contributed by atoms with Gasteiger partial charge in [0.2, 0.25) is 0 Å². The van der Waals surface area contributed by atoms with Crippen LogP contribution in [0.5, 0.6) is 0 Å². The average molecular weight is 240 g/mol. The molecule has 1 atom stereocenters. The lowest BCUT2D eigenvalue weighted by Gasteiger charge is -2.05. The summed E-state index contributed by atoms with van der Waals surface area (Å²) < 4.78 is 0. The van der Waals surface area contributed by atoms with Gasteiger partial charge in [-0.25, -0.2) is 0 Å². The van der Waals surface area contributed by atoms with Crippen molar-refractivity contribution in [3.05, 3.63) is 29.6 Å². The van der Waals surface area contributed by atoms with Crippen molar-refractivity contribution in [2.75, 3.05) is 5.75 Å². The van der Waals surface area contributed by atoms with E-state index in [-0.39, 0.29) is 0 Å². The maximum atomic E-state index is 10.5. The van der Waals surface area contributed by atoms with Crippen LogP contribution in [0.1, 0.15) is 17.8 Å². The maximum absolute atomic E-state index is 10.5. The Morgan fingerprint density at radius 1 is 1.62 bits per heavy atom. The summed E-state index contributed by atoms with van der Waals surface area (Å²) in [5.41, 5.74) is 7.41. The van der Waals surface area contributed by atoms with Gasteiger partial charge in [-0.15, -0.1) is 0 Å². The van der Waals surface area contributed by atoms with E-state index < -0.39 is 12.0 Å². The van der Waals surface area contributed by atoms with Crippen LogP contribution in [0, 0.1) is 6.92 Å². The third-order valence-corrected chi connectivity index (χ3v) is 3.11. The number of nitrogens with two attached hydrogens (primary N) is 1. The van der Waals surface area contributed by atoms with Crippen LogP contribution < -0.4 is 5.73 Å². The fourth-order valence-electron chi connectivity index (χ4n) is 1.19. The number of aryl methyl sites for hydroxylation is 1. The van der Waals surface area contributed by atoms with Crippen molar-refractivity contribution in [2.45, 2.75) is 25.1 Å². The van der Waals surface area contributed by atoms with Gasteiger partial charge in [-0.3, -0.25) is 9.78 Å². The second-order valence-electron chi connectivity index (χ2n) is 3.56. The topological polar surface area (TPSA) is 76.2 Å². The van der Waals surface area contributed by atoms with Crippen LogP contribution in [0.25, 0.3) is 0 Å². The van der Waals surface area contributed by atoms with Crippen molar-refractivity contribution in [1.82, 2.24) is 4.98 Å². The first kappa shape index (κ1) is 13.0. The minimum Gasteiger partial charge on any atom is -0.480 e. The number of hydrogen-bond donors (Lipinski definition) is 2. The summed E-state index contributed by atoms with van der Waals surface area (Å²) in [7, 11) is 0. The Bertz CT molecular complexity index is 358. The summed E-state index contributed by atoms with van der Waals surface area (Å²) in [6.45, 7) is 1.95. The second kappa shape index (κ2) is 6.50. The lowest BCUT2D eigenvalue weighted by Crippen LogP contribution is -2.30. The number of nitrogens with zero attached hydrogens (tertiary/aromatic N) is 1. The number of aromatic nitrogens is 1. The molecule has 0 aliphatic carbocycles. The van der Waals surface area contributed by atoms with Crippen LogP contribution in [-0.2, 0) is 10.5 Å². The Kier molecular flexibility index (Phi) is 5.28. The number of carboxylic acid groups (broad SMARTS) is 1. The molecule has 0 saturated carbocycles. The Hall–Kier alpha value is -1.07. The van der Waals surface area contributed by atoms with Crippen LogP contribution in [0.15, 0.2) is 18.2 Å². The maximum Gasteiger partial charge on any atom is 0.320 e. The van der Waals surface area contributed by atoms with Gasteiger partial charge in [0.1, 0.15) is 6.04 Å². The fraction of sp³-hybridized carbons (Fsp3) is 0.455. The minimum absolute atomic E-state index is 0.492. The van der Waals surface area contributed by atoms with Crippen LogP contribution in [0.4, 0.5) is 0 Å². The van der Waals surface area contributed by atoms with Gasteiger partial charge in [0.15, 0.2) is 0 Å². The lowest BCUT2D eigenvalue weighted by molar-refractivity contribution is -0.138. The first-order valence-electron chi connectivity index (χ1n) is 5.08. The van der Waals surface area contributed by atoms with Crippen LogP contribution in [-0.4, -0.2) is 27.9 Å². The molecule has 0 spiro atoms. The lowest BCUT2D eigenvalue weighted by atomic mass is 10.2. The molecule has 4 nitrogen and oxygen atoms in total. The number of pyridine rings is 1. The van der Waals surface area contributed by atoms with Gasteiger partial charge in [0.05, 0.1) is 5.69 Å². The first-order chi connectivity index (χ1) is 7.59. The Labute approximate surface area is 99.3 Å². The first-order valence-corrected chi connectivity index (χ1v) is 6.23. The Balaban J connectivity index is 2.23. The zero-order valence-electron chi connectivity index (χ0n) is 9.22. The molecule has 1 aromatic heterocycles. The number of thioether (sulfide) groups is 1. The van der Waals surface area contributed by atoms with Crippen LogP contribution in [0.2, 0.25) is 0 Å². The number of hydrogen-bond acceptors (Lipinski definition) is 4. The molecule has 3 N–H and O–H groups in total. The van der Waals surface area contributed by atoms with Crippen molar-refractivity contribution >= 4 is 17.7 Å². The predicted molar refractivity (Wildman–Crippen MR) is 65.4 cm³/mol. The molecule has 0 aliphatic heterocycles. The third-order valence-electron chi connectivity index (χ3n) is 2.09. The van der Waals surface area contributed by atoms with Crippen molar-refractivity contribution < 1.29 is 9.90 Å². The van der Waals surface area contributed by atoms with Crippen molar-refractivity contribution in [3.8, 4) is 0 Å². The molecule has 0 aromatic carbocycles. The highest BCUT2D eigenvalue weighted by Gasteiger charge is 2.10. The number of carboxylic acids is 1.